The van der Waals surface area contributed by atoms with Crippen molar-refractivity contribution >= 4 is 40.5 Å². The van der Waals surface area contributed by atoms with E-state index in [9.17, 15) is 4.79 Å². The molecular formula is C12H16N8O. The van der Waals surface area contributed by atoms with E-state index in [0.29, 0.717) is 34.6 Å². The number of nitrogens with zero attached hydrogens (tertiary/aromatic N) is 6. The topological polar surface area (TPSA) is 99.2 Å². The molecule has 1 aliphatic rings. The van der Waals surface area contributed by atoms with Gasteiger partial charge < -0.3 is 20.4 Å². The Morgan fingerprint density at radius 3 is 2.05 bits per heavy atom. The fraction of sp³-hybridized carbons (Fsp3) is 0.417. The Morgan fingerprint density at radius 1 is 0.905 bits per heavy atom. The van der Waals surface area contributed by atoms with Gasteiger partial charge in [0.25, 0.3) is 0 Å². The van der Waals surface area contributed by atoms with E-state index < -0.39 is 0 Å². The lowest BCUT2D eigenvalue weighted by Gasteiger charge is -2.16. The SMILES string of the molecule is CN(C)c1nc2c3c(nc(N(C)C)nc3n1)NC(=O)CN2. The molecule has 1 amide bonds. The number of aromatic nitrogens is 4. The van der Waals surface area contributed by atoms with Crippen LogP contribution in [0.1, 0.15) is 0 Å². The molecule has 0 unspecified atom stereocenters. The zero-order valence-electron chi connectivity index (χ0n) is 12.3. The van der Waals surface area contributed by atoms with Crippen molar-refractivity contribution in [2.45, 2.75) is 0 Å². The lowest BCUT2D eigenvalue weighted by atomic mass is 10.3. The third-order valence-corrected chi connectivity index (χ3v) is 3.01. The second-order valence-corrected chi connectivity index (χ2v) is 5.13. The number of carbonyl (C=O) groups excluding carboxylic acids is 1. The highest BCUT2D eigenvalue weighted by atomic mass is 16.2. The predicted molar refractivity (Wildman–Crippen MR) is 80.9 cm³/mol. The van der Waals surface area contributed by atoms with Crippen LogP contribution in [0.4, 0.5) is 23.5 Å². The molecule has 0 bridgehead atoms. The third-order valence-electron chi connectivity index (χ3n) is 3.01. The van der Waals surface area contributed by atoms with Gasteiger partial charge in [-0.05, 0) is 0 Å². The Labute approximate surface area is 121 Å². The van der Waals surface area contributed by atoms with Gasteiger partial charge >= 0.3 is 0 Å². The van der Waals surface area contributed by atoms with Crippen LogP contribution >= 0.6 is 0 Å². The van der Waals surface area contributed by atoms with E-state index in [1.54, 1.807) is 9.80 Å². The van der Waals surface area contributed by atoms with E-state index in [1.165, 1.54) is 0 Å². The molecule has 1 aliphatic heterocycles. The summed E-state index contributed by atoms with van der Waals surface area (Å²) >= 11 is 0. The van der Waals surface area contributed by atoms with Crippen molar-refractivity contribution in [1.82, 2.24) is 19.9 Å². The van der Waals surface area contributed by atoms with E-state index in [-0.39, 0.29) is 12.5 Å². The molecule has 3 rings (SSSR count). The summed E-state index contributed by atoms with van der Waals surface area (Å²) in [7, 11) is 7.37. The number of hydrogen-bond donors (Lipinski definition) is 2. The zero-order valence-corrected chi connectivity index (χ0v) is 12.3. The van der Waals surface area contributed by atoms with Gasteiger partial charge in [0.1, 0.15) is 11.2 Å². The molecule has 0 aliphatic carbocycles. The molecule has 0 atom stereocenters. The van der Waals surface area contributed by atoms with Gasteiger partial charge in [-0.15, -0.1) is 0 Å². The van der Waals surface area contributed by atoms with Crippen LogP contribution in [0.5, 0.6) is 0 Å². The van der Waals surface area contributed by atoms with Crippen LogP contribution in [0.3, 0.4) is 0 Å². The fourth-order valence-electron chi connectivity index (χ4n) is 1.97. The van der Waals surface area contributed by atoms with Crippen LogP contribution in [-0.4, -0.2) is 60.6 Å². The maximum absolute atomic E-state index is 11.8. The summed E-state index contributed by atoms with van der Waals surface area (Å²) < 4.78 is 0. The molecule has 2 aromatic heterocycles. The maximum atomic E-state index is 11.8. The fourth-order valence-corrected chi connectivity index (χ4v) is 1.97. The molecule has 3 heterocycles. The molecule has 0 saturated carbocycles. The van der Waals surface area contributed by atoms with Gasteiger partial charge in [-0.25, -0.2) is 0 Å². The summed E-state index contributed by atoms with van der Waals surface area (Å²) in [5.74, 6) is 1.81. The summed E-state index contributed by atoms with van der Waals surface area (Å²) in [4.78, 5) is 33.0. The largest absolute Gasteiger partial charge is 0.360 e. The number of rotatable bonds is 2. The number of amides is 1. The second-order valence-electron chi connectivity index (χ2n) is 5.13. The van der Waals surface area contributed by atoms with Crippen molar-refractivity contribution in [2.75, 3.05) is 55.2 Å². The molecule has 9 nitrogen and oxygen atoms in total. The molecule has 0 fully saturated rings. The van der Waals surface area contributed by atoms with E-state index in [1.807, 2.05) is 28.2 Å². The number of carbonyl (C=O) groups is 1. The van der Waals surface area contributed by atoms with Crippen LogP contribution < -0.4 is 20.4 Å². The van der Waals surface area contributed by atoms with E-state index >= 15 is 0 Å². The van der Waals surface area contributed by atoms with Gasteiger partial charge in [0, 0.05) is 28.2 Å². The third kappa shape index (κ3) is 2.26. The Bertz CT molecular complexity index is 722. The van der Waals surface area contributed by atoms with Crippen molar-refractivity contribution in [3.05, 3.63) is 0 Å². The first-order valence-corrected chi connectivity index (χ1v) is 6.44. The van der Waals surface area contributed by atoms with Gasteiger partial charge in [0.05, 0.1) is 6.54 Å². The van der Waals surface area contributed by atoms with E-state index in [0.717, 1.165) is 0 Å². The van der Waals surface area contributed by atoms with Crippen molar-refractivity contribution in [3.8, 4) is 0 Å². The van der Waals surface area contributed by atoms with Crippen molar-refractivity contribution in [2.24, 2.45) is 0 Å². The number of hydrogen-bond acceptors (Lipinski definition) is 8. The summed E-state index contributed by atoms with van der Waals surface area (Å²) in [5, 5.41) is 6.38. The number of nitrogens with one attached hydrogen (secondary N) is 2. The van der Waals surface area contributed by atoms with Gasteiger partial charge in [-0.2, -0.15) is 19.9 Å². The number of anilines is 4. The van der Waals surface area contributed by atoms with Gasteiger partial charge in [0.15, 0.2) is 11.5 Å². The van der Waals surface area contributed by atoms with E-state index in [2.05, 4.69) is 30.6 Å². The molecule has 0 saturated heterocycles. The lowest BCUT2D eigenvalue weighted by molar-refractivity contribution is -0.114. The standard InChI is InChI=1S/C12H16N8O/c1-19(2)11-15-8-7-9(14-6(21)5-13-8)16-12(20(3)4)18-10(7)17-11/h5H2,1-4H3,(H2,13,14,15,16,17,18,21). The summed E-state index contributed by atoms with van der Waals surface area (Å²) in [6, 6.07) is 0. The van der Waals surface area contributed by atoms with Crippen molar-refractivity contribution < 1.29 is 4.79 Å². The molecule has 0 aromatic carbocycles. The highest BCUT2D eigenvalue weighted by Crippen LogP contribution is 2.30. The Balaban J connectivity index is 2.33. The first kappa shape index (κ1) is 13.3. The van der Waals surface area contributed by atoms with Crippen molar-refractivity contribution in [1.29, 1.82) is 0 Å². The smallest absolute Gasteiger partial charge is 0.244 e. The quantitative estimate of drug-likeness (QED) is 0.791. The van der Waals surface area contributed by atoms with Crippen LogP contribution in [0.25, 0.3) is 11.0 Å². The molecule has 9 heteroatoms. The maximum Gasteiger partial charge on any atom is 0.244 e. The molecule has 2 aromatic rings. The molecule has 21 heavy (non-hydrogen) atoms. The Kier molecular flexibility index (Phi) is 2.96. The van der Waals surface area contributed by atoms with Crippen LogP contribution in [0, 0.1) is 0 Å². The first-order valence-electron chi connectivity index (χ1n) is 6.44. The second kappa shape index (κ2) is 4.69. The Morgan fingerprint density at radius 2 is 1.48 bits per heavy atom. The van der Waals surface area contributed by atoms with E-state index in [4.69, 9.17) is 0 Å². The normalized spacial score (nSPS) is 13.4. The van der Waals surface area contributed by atoms with Gasteiger partial charge in [0.2, 0.25) is 17.8 Å². The van der Waals surface area contributed by atoms with Gasteiger partial charge in [-0.1, -0.05) is 0 Å². The van der Waals surface area contributed by atoms with Crippen molar-refractivity contribution in [3.63, 3.8) is 0 Å². The average Bonchev–Trinajstić information content (AvgIpc) is 2.58. The van der Waals surface area contributed by atoms with Crippen LogP contribution in [-0.2, 0) is 4.79 Å². The average molecular weight is 288 g/mol. The first-order chi connectivity index (χ1) is 9.95. The molecule has 0 radical (unpaired) electrons. The van der Waals surface area contributed by atoms with Crippen LogP contribution in [0.2, 0.25) is 0 Å². The minimum atomic E-state index is -0.177. The minimum Gasteiger partial charge on any atom is -0.360 e. The molecule has 2 N–H and O–H groups in total. The monoisotopic (exact) mass is 288 g/mol. The van der Waals surface area contributed by atoms with Crippen LogP contribution in [0.15, 0.2) is 0 Å². The molecule has 0 spiro atoms. The predicted octanol–water partition coefficient (Wildman–Crippen LogP) is -0.0842. The Hall–Kier alpha value is -2.71. The highest BCUT2D eigenvalue weighted by Gasteiger charge is 2.22. The van der Waals surface area contributed by atoms with Gasteiger partial charge in [-0.3, -0.25) is 4.79 Å². The zero-order chi connectivity index (χ0) is 15.1. The summed E-state index contributed by atoms with van der Waals surface area (Å²) in [5.41, 5.74) is 0.493. The molecular weight excluding hydrogens is 272 g/mol. The summed E-state index contributed by atoms with van der Waals surface area (Å²) in [6.07, 6.45) is 0. The summed E-state index contributed by atoms with van der Waals surface area (Å²) in [6.45, 7) is 0.132. The highest BCUT2D eigenvalue weighted by molar-refractivity contribution is 6.07. The lowest BCUT2D eigenvalue weighted by Crippen LogP contribution is -2.20. The minimum absolute atomic E-state index is 0.132. The molecule has 110 valence electrons.